The first-order valence-corrected chi connectivity index (χ1v) is 7.60. The van der Waals surface area contributed by atoms with Crippen LogP contribution in [0.3, 0.4) is 0 Å². The van der Waals surface area contributed by atoms with E-state index >= 15 is 0 Å². The fraction of sp³-hybridized carbons (Fsp3) is 0.647. The zero-order valence-electron chi connectivity index (χ0n) is 13.4. The number of benzene rings is 1. The van der Waals surface area contributed by atoms with E-state index in [1.54, 1.807) is 0 Å². The van der Waals surface area contributed by atoms with Gasteiger partial charge in [0.1, 0.15) is 0 Å². The maximum Gasteiger partial charge on any atom is 0.0894 e. The van der Waals surface area contributed by atoms with Gasteiger partial charge in [0.2, 0.25) is 0 Å². The van der Waals surface area contributed by atoms with Crippen molar-refractivity contribution in [2.45, 2.75) is 52.8 Å². The fourth-order valence-corrected chi connectivity index (χ4v) is 3.54. The van der Waals surface area contributed by atoms with Crippen molar-refractivity contribution in [2.24, 2.45) is 5.73 Å². The van der Waals surface area contributed by atoms with Gasteiger partial charge in [0.15, 0.2) is 0 Å². The molecule has 20 heavy (non-hydrogen) atoms. The van der Waals surface area contributed by atoms with Gasteiger partial charge >= 0.3 is 0 Å². The lowest BCUT2D eigenvalue weighted by atomic mass is 9.88. The Bertz CT molecular complexity index is 447. The van der Waals surface area contributed by atoms with Gasteiger partial charge in [-0.3, -0.25) is 4.90 Å². The summed E-state index contributed by atoms with van der Waals surface area (Å²) in [5.41, 5.74) is 11.4. The molecule has 112 valence electrons. The number of hydrogen-bond donors (Lipinski definition) is 1. The highest BCUT2D eigenvalue weighted by Crippen LogP contribution is 2.35. The molecule has 0 radical (unpaired) electrons. The molecule has 1 heterocycles. The summed E-state index contributed by atoms with van der Waals surface area (Å²) in [5, 5.41) is 0. The average molecular weight is 276 g/mol. The number of morpholine rings is 1. The summed E-state index contributed by atoms with van der Waals surface area (Å²) in [7, 11) is 0. The van der Waals surface area contributed by atoms with Crippen LogP contribution in [0.15, 0.2) is 12.1 Å². The zero-order valence-corrected chi connectivity index (χ0v) is 13.4. The van der Waals surface area contributed by atoms with Crippen LogP contribution in [0.4, 0.5) is 0 Å². The summed E-state index contributed by atoms with van der Waals surface area (Å²) >= 11 is 0. The fourth-order valence-electron chi connectivity index (χ4n) is 3.54. The second-order valence-corrected chi connectivity index (χ2v) is 6.23. The minimum atomic E-state index is 0.0891. The normalized spacial score (nSPS) is 24.4. The molecule has 0 amide bonds. The quantitative estimate of drug-likeness (QED) is 0.922. The van der Waals surface area contributed by atoms with E-state index in [0.29, 0.717) is 12.6 Å². The van der Waals surface area contributed by atoms with E-state index in [0.717, 1.165) is 13.2 Å². The Morgan fingerprint density at radius 1 is 1.25 bits per heavy atom. The molecule has 0 bridgehead atoms. The Labute approximate surface area is 123 Å². The highest BCUT2D eigenvalue weighted by Gasteiger charge is 2.35. The Kier molecular flexibility index (Phi) is 4.84. The van der Waals surface area contributed by atoms with Crippen molar-refractivity contribution in [3.8, 4) is 0 Å². The number of rotatable bonds is 3. The number of nitrogens with zero attached hydrogens (tertiary/aromatic N) is 1. The molecule has 1 aliphatic heterocycles. The van der Waals surface area contributed by atoms with Crippen LogP contribution < -0.4 is 5.73 Å². The minimum Gasteiger partial charge on any atom is -0.374 e. The van der Waals surface area contributed by atoms with Crippen molar-refractivity contribution in [2.75, 3.05) is 19.7 Å². The van der Waals surface area contributed by atoms with E-state index in [-0.39, 0.29) is 12.1 Å². The lowest BCUT2D eigenvalue weighted by Crippen LogP contribution is -2.51. The summed E-state index contributed by atoms with van der Waals surface area (Å²) < 4.78 is 5.95. The first-order valence-electron chi connectivity index (χ1n) is 7.60. The molecular formula is C17H28N2O. The largest absolute Gasteiger partial charge is 0.374 e. The molecule has 2 atom stereocenters. The van der Waals surface area contributed by atoms with Crippen molar-refractivity contribution in [1.29, 1.82) is 0 Å². The number of aryl methyl sites for hydroxylation is 3. The zero-order chi connectivity index (χ0) is 14.9. The van der Waals surface area contributed by atoms with Gasteiger partial charge < -0.3 is 10.5 Å². The number of hydrogen-bond acceptors (Lipinski definition) is 3. The molecule has 2 unspecified atom stereocenters. The molecule has 1 aliphatic rings. The first-order chi connectivity index (χ1) is 9.45. The van der Waals surface area contributed by atoms with Crippen molar-refractivity contribution in [1.82, 2.24) is 4.90 Å². The molecule has 3 heteroatoms. The number of ether oxygens (including phenoxy) is 1. The van der Waals surface area contributed by atoms with Crippen LogP contribution >= 0.6 is 0 Å². The predicted octanol–water partition coefficient (Wildman–Crippen LogP) is 2.72. The summed E-state index contributed by atoms with van der Waals surface area (Å²) in [6, 6.07) is 5.30. The van der Waals surface area contributed by atoms with Crippen LogP contribution in [0.5, 0.6) is 0 Å². The van der Waals surface area contributed by atoms with Gasteiger partial charge in [-0.05, 0) is 51.3 Å². The van der Waals surface area contributed by atoms with E-state index in [9.17, 15) is 0 Å². The van der Waals surface area contributed by atoms with Crippen LogP contribution in [-0.4, -0.2) is 36.7 Å². The highest BCUT2D eigenvalue weighted by molar-refractivity contribution is 5.40. The van der Waals surface area contributed by atoms with E-state index < -0.39 is 0 Å². The lowest BCUT2D eigenvalue weighted by molar-refractivity contribution is -0.0793. The van der Waals surface area contributed by atoms with Gasteiger partial charge in [-0.1, -0.05) is 17.7 Å². The maximum atomic E-state index is 5.97. The minimum absolute atomic E-state index is 0.0891. The first kappa shape index (κ1) is 15.5. The molecule has 1 aromatic carbocycles. The van der Waals surface area contributed by atoms with Gasteiger partial charge in [-0.2, -0.15) is 0 Å². The number of nitrogens with two attached hydrogens (primary N) is 1. The Morgan fingerprint density at radius 2 is 1.85 bits per heavy atom. The van der Waals surface area contributed by atoms with Crippen LogP contribution in [0.2, 0.25) is 0 Å². The molecule has 1 saturated heterocycles. The smallest absolute Gasteiger partial charge is 0.0894 e. The van der Waals surface area contributed by atoms with Crippen LogP contribution in [0, 0.1) is 20.8 Å². The molecule has 0 spiro atoms. The Balaban J connectivity index is 2.49. The molecule has 0 saturated carbocycles. The van der Waals surface area contributed by atoms with Gasteiger partial charge in [-0.15, -0.1) is 0 Å². The van der Waals surface area contributed by atoms with Crippen molar-refractivity contribution in [3.63, 3.8) is 0 Å². The summed E-state index contributed by atoms with van der Waals surface area (Å²) in [6.07, 6.45) is 0.0891. The van der Waals surface area contributed by atoms with E-state index in [2.05, 4.69) is 51.7 Å². The SMILES string of the molecule is Cc1cc(C)c(C2C(CN)OCCN2C(C)C)c(C)c1. The third kappa shape index (κ3) is 2.90. The third-order valence-electron chi connectivity index (χ3n) is 4.32. The Morgan fingerprint density at radius 3 is 2.35 bits per heavy atom. The van der Waals surface area contributed by atoms with E-state index in [1.807, 2.05) is 0 Å². The predicted molar refractivity (Wildman–Crippen MR) is 84.0 cm³/mol. The van der Waals surface area contributed by atoms with Crippen molar-refractivity contribution < 1.29 is 4.74 Å². The Hall–Kier alpha value is -0.900. The van der Waals surface area contributed by atoms with Gasteiger partial charge in [0.05, 0.1) is 18.8 Å². The van der Waals surface area contributed by atoms with Gasteiger partial charge in [0.25, 0.3) is 0 Å². The molecule has 0 aliphatic carbocycles. The maximum absolute atomic E-state index is 5.97. The molecule has 3 nitrogen and oxygen atoms in total. The summed E-state index contributed by atoms with van der Waals surface area (Å²) in [6.45, 7) is 13.4. The topological polar surface area (TPSA) is 38.5 Å². The van der Waals surface area contributed by atoms with Crippen LogP contribution in [0.1, 0.15) is 42.1 Å². The van der Waals surface area contributed by atoms with Crippen molar-refractivity contribution in [3.05, 3.63) is 34.4 Å². The molecule has 2 rings (SSSR count). The highest BCUT2D eigenvalue weighted by atomic mass is 16.5. The van der Waals surface area contributed by atoms with E-state index in [4.69, 9.17) is 10.5 Å². The second-order valence-electron chi connectivity index (χ2n) is 6.23. The summed E-state index contributed by atoms with van der Waals surface area (Å²) in [4.78, 5) is 2.53. The monoisotopic (exact) mass is 276 g/mol. The van der Waals surface area contributed by atoms with Crippen LogP contribution in [0.25, 0.3) is 0 Å². The molecule has 2 N–H and O–H groups in total. The van der Waals surface area contributed by atoms with Gasteiger partial charge in [-0.25, -0.2) is 0 Å². The lowest BCUT2D eigenvalue weighted by Gasteiger charge is -2.44. The van der Waals surface area contributed by atoms with Gasteiger partial charge in [0, 0.05) is 19.1 Å². The van der Waals surface area contributed by atoms with Crippen molar-refractivity contribution >= 4 is 0 Å². The molecule has 0 aromatic heterocycles. The van der Waals surface area contributed by atoms with Crippen LogP contribution in [-0.2, 0) is 4.74 Å². The third-order valence-corrected chi connectivity index (χ3v) is 4.32. The second kappa shape index (κ2) is 6.25. The molecular weight excluding hydrogens is 248 g/mol. The standard InChI is InChI=1S/C17H28N2O/c1-11(2)19-6-7-20-15(10-18)17(19)16-13(4)8-12(3)9-14(16)5/h8-9,11,15,17H,6-7,10,18H2,1-5H3. The van der Waals surface area contributed by atoms with E-state index in [1.165, 1.54) is 22.3 Å². The molecule has 1 fully saturated rings. The average Bonchev–Trinajstić information content (AvgIpc) is 2.37. The summed E-state index contributed by atoms with van der Waals surface area (Å²) in [5.74, 6) is 0. The molecule has 1 aromatic rings.